The summed E-state index contributed by atoms with van der Waals surface area (Å²) in [4.78, 5) is 162. The molecule has 10 N–H and O–H groups in total. The van der Waals surface area contributed by atoms with Gasteiger partial charge < -0.3 is 61.8 Å². The number of carbonyl (C=O) groups excluding carboxylic acids is 9. The number of benzene rings is 1. The van der Waals surface area contributed by atoms with E-state index in [9.17, 15) is 72.5 Å². The smallest absolute Gasteiger partial charge is 0.328 e. The minimum absolute atomic E-state index is 0.0199. The molecule has 8 amide bonds. The van der Waals surface area contributed by atoms with E-state index < -0.39 is 77.4 Å². The lowest BCUT2D eigenvalue weighted by atomic mass is 9.94. The SMILES string of the molecule is CC(C)C1CC(=O)N(CCCCCC(=O)Nc2cc(C(=O)NCCOCCC(=O)NCC(NC(=O)CCCCCCCCCCCCCCCCC(=O)O)C(=O)O)cc(C(=O)NCCOC(=O)CCC(NC(=O)CCCCCCCCCCCCCCCCC(=O)O)C(=O)O)c2)C1=O. The van der Waals surface area contributed by atoms with Crippen LogP contribution in [0.25, 0.3) is 0 Å². The van der Waals surface area contributed by atoms with E-state index in [1.807, 2.05) is 13.8 Å². The van der Waals surface area contributed by atoms with Gasteiger partial charge >= 0.3 is 29.8 Å². The molecule has 98 heavy (non-hydrogen) atoms. The van der Waals surface area contributed by atoms with E-state index in [1.54, 1.807) is 0 Å². The number of rotatable bonds is 62. The van der Waals surface area contributed by atoms with Crippen molar-refractivity contribution in [2.24, 2.45) is 11.8 Å². The second-order valence-electron chi connectivity index (χ2n) is 26.1. The van der Waals surface area contributed by atoms with Gasteiger partial charge in [0.25, 0.3) is 11.8 Å². The van der Waals surface area contributed by atoms with Crippen LogP contribution in [-0.4, -0.2) is 161 Å². The molecule has 0 aliphatic carbocycles. The molecule has 0 saturated carbocycles. The number of ether oxygens (including phenoxy) is 2. The zero-order chi connectivity index (χ0) is 72.1. The largest absolute Gasteiger partial charge is 0.481 e. The Labute approximate surface area is 579 Å². The number of imide groups is 1. The molecule has 1 aromatic rings. The summed E-state index contributed by atoms with van der Waals surface area (Å²) in [6, 6.07) is 1.36. The predicted molar refractivity (Wildman–Crippen MR) is 369 cm³/mol. The summed E-state index contributed by atoms with van der Waals surface area (Å²) in [5.74, 6) is -8.68. The van der Waals surface area contributed by atoms with Crippen molar-refractivity contribution in [2.45, 2.75) is 283 Å². The molecule has 1 aliphatic heterocycles. The van der Waals surface area contributed by atoms with Crippen molar-refractivity contribution in [3.8, 4) is 0 Å². The minimum atomic E-state index is -1.33. The molecule has 1 aliphatic rings. The maximum absolute atomic E-state index is 13.5. The van der Waals surface area contributed by atoms with E-state index in [2.05, 4.69) is 31.9 Å². The third-order valence-corrected chi connectivity index (χ3v) is 17.3. The summed E-state index contributed by atoms with van der Waals surface area (Å²) < 4.78 is 10.8. The van der Waals surface area contributed by atoms with Crippen molar-refractivity contribution in [3.63, 3.8) is 0 Å². The quantitative estimate of drug-likeness (QED) is 0.0165. The van der Waals surface area contributed by atoms with Gasteiger partial charge in [-0.2, -0.15) is 0 Å². The van der Waals surface area contributed by atoms with Crippen LogP contribution in [0.5, 0.6) is 0 Å². The van der Waals surface area contributed by atoms with Crippen LogP contribution >= 0.6 is 0 Å². The molecule has 2 rings (SSSR count). The van der Waals surface area contributed by atoms with Crippen molar-refractivity contribution in [1.82, 2.24) is 31.5 Å². The maximum Gasteiger partial charge on any atom is 0.328 e. The molecule has 3 atom stereocenters. The van der Waals surface area contributed by atoms with Crippen LogP contribution in [0.15, 0.2) is 18.2 Å². The highest BCUT2D eigenvalue weighted by atomic mass is 16.5. The monoisotopic (exact) mass is 1380 g/mol. The average molecular weight is 1380 g/mol. The number of nitrogens with one attached hydrogen (secondary N) is 6. The molecule has 554 valence electrons. The first kappa shape index (κ1) is 86.6. The number of esters is 1. The fraction of sp³-hybridized carbons (Fsp3) is 0.736. The van der Waals surface area contributed by atoms with Crippen molar-refractivity contribution in [2.75, 3.05) is 51.3 Å². The number of hydrogen-bond acceptors (Lipinski definition) is 15. The molecule has 0 spiro atoms. The number of unbranched alkanes of at least 4 members (excludes halogenated alkanes) is 28. The molecule has 3 unspecified atom stereocenters. The van der Waals surface area contributed by atoms with Crippen LogP contribution in [0, 0.1) is 11.8 Å². The molecular formula is C72H117N7O19. The van der Waals surface area contributed by atoms with E-state index in [-0.39, 0.29) is 144 Å². The predicted octanol–water partition coefficient (Wildman–Crippen LogP) is 10.3. The molecule has 0 aromatic heterocycles. The first-order valence-electron chi connectivity index (χ1n) is 36.4. The number of likely N-dealkylation sites (tertiary alicyclic amines) is 1. The Morgan fingerprint density at radius 3 is 1.27 bits per heavy atom. The number of carboxylic acids is 4. The van der Waals surface area contributed by atoms with Crippen LogP contribution in [-0.2, 0) is 62.2 Å². The van der Waals surface area contributed by atoms with Crippen LogP contribution < -0.4 is 31.9 Å². The highest BCUT2D eigenvalue weighted by molar-refractivity contribution is 6.04. The van der Waals surface area contributed by atoms with Gasteiger partial charge in [0.1, 0.15) is 18.7 Å². The van der Waals surface area contributed by atoms with Gasteiger partial charge in [0, 0.05) is 93.7 Å². The Bertz CT molecular complexity index is 2600. The summed E-state index contributed by atoms with van der Waals surface area (Å²) >= 11 is 0. The average Bonchev–Trinajstić information content (AvgIpc) is 1.57. The Morgan fingerprint density at radius 2 is 0.847 bits per heavy atom. The summed E-state index contributed by atoms with van der Waals surface area (Å²) in [5.41, 5.74) is 0.0509. The lowest BCUT2D eigenvalue weighted by Gasteiger charge is -2.16. The maximum atomic E-state index is 13.5. The number of aliphatic carboxylic acids is 4. The Hall–Kier alpha value is -7.51. The highest BCUT2D eigenvalue weighted by Crippen LogP contribution is 2.27. The third-order valence-electron chi connectivity index (χ3n) is 17.3. The summed E-state index contributed by atoms with van der Waals surface area (Å²) in [5, 5.41) is 52.3. The number of carboxylic acid groups (broad SMARTS) is 4. The topological polar surface area (TPSA) is 397 Å². The van der Waals surface area contributed by atoms with E-state index in [0.29, 0.717) is 32.1 Å². The van der Waals surface area contributed by atoms with Gasteiger partial charge in [-0.3, -0.25) is 57.6 Å². The fourth-order valence-electron chi connectivity index (χ4n) is 11.4. The van der Waals surface area contributed by atoms with E-state index in [4.69, 9.17) is 19.7 Å². The summed E-state index contributed by atoms with van der Waals surface area (Å²) in [7, 11) is 0. The lowest BCUT2D eigenvalue weighted by molar-refractivity contribution is -0.146. The third kappa shape index (κ3) is 43.7. The molecule has 26 nitrogen and oxygen atoms in total. The number of hydrogen-bond donors (Lipinski definition) is 10. The van der Waals surface area contributed by atoms with Gasteiger partial charge in [0.05, 0.1) is 19.8 Å². The molecule has 0 radical (unpaired) electrons. The summed E-state index contributed by atoms with van der Waals surface area (Å²) in [6.07, 6.45) is 30.5. The number of carbonyl (C=O) groups is 13. The summed E-state index contributed by atoms with van der Waals surface area (Å²) in [6.45, 7) is 3.04. The molecule has 0 bridgehead atoms. The first-order valence-corrected chi connectivity index (χ1v) is 36.4. The number of nitrogens with zero attached hydrogens (tertiary/aromatic N) is 1. The van der Waals surface area contributed by atoms with E-state index >= 15 is 0 Å². The van der Waals surface area contributed by atoms with Crippen LogP contribution in [0.2, 0.25) is 0 Å². The van der Waals surface area contributed by atoms with Gasteiger partial charge in [-0.1, -0.05) is 174 Å². The van der Waals surface area contributed by atoms with Gasteiger partial charge in [-0.15, -0.1) is 0 Å². The first-order chi connectivity index (χ1) is 47.1. The Morgan fingerprint density at radius 1 is 0.449 bits per heavy atom. The van der Waals surface area contributed by atoms with Crippen molar-refractivity contribution in [1.29, 1.82) is 0 Å². The van der Waals surface area contributed by atoms with Crippen molar-refractivity contribution >= 4 is 82.8 Å². The molecule has 1 fully saturated rings. The minimum Gasteiger partial charge on any atom is -0.481 e. The Kier molecular flexibility index (Phi) is 48.1. The zero-order valence-corrected chi connectivity index (χ0v) is 58.6. The fourth-order valence-corrected chi connectivity index (χ4v) is 11.4. The lowest BCUT2D eigenvalue weighted by Crippen LogP contribution is -2.48. The van der Waals surface area contributed by atoms with Gasteiger partial charge in [0.15, 0.2) is 0 Å². The van der Waals surface area contributed by atoms with Crippen LogP contribution in [0.4, 0.5) is 5.69 Å². The number of anilines is 1. The highest BCUT2D eigenvalue weighted by Gasteiger charge is 2.39. The Balaban J connectivity index is 1.79. The molecule has 26 heteroatoms. The van der Waals surface area contributed by atoms with E-state index in [1.165, 1.54) is 74.5 Å². The molecular weight excluding hydrogens is 1270 g/mol. The van der Waals surface area contributed by atoms with Gasteiger partial charge in [-0.05, 0) is 69.1 Å². The van der Waals surface area contributed by atoms with Crippen molar-refractivity contribution in [3.05, 3.63) is 29.3 Å². The normalized spacial score (nSPS) is 13.4. The van der Waals surface area contributed by atoms with Crippen LogP contribution in [0.1, 0.15) is 291 Å². The molecule has 1 saturated heterocycles. The van der Waals surface area contributed by atoms with Gasteiger partial charge in [-0.25, -0.2) is 9.59 Å². The van der Waals surface area contributed by atoms with Crippen molar-refractivity contribution < 1.29 is 92.2 Å². The molecule has 1 aromatic carbocycles. The standard InChI is InChI=1S/C72H117N7O19/c1-53(2)57-51-64(84)79(70(57)92)44-33-27-30-34-61(81)76-56-49-54(68(90)73-42-46-97-45-41-60(80)75-52-59(72(95)96)78-63(83)36-29-24-20-16-12-8-4-6-10-14-18-22-26-32-38-66(87)88)48-55(50-56)69(91)74-43-47-98-67(89)40-39-58(71(93)94)77-62(82)35-28-23-19-15-11-7-3-5-9-13-17-21-25-31-37-65(85)86/h48-50,53,57-59H,3-47,51-52H2,1-2H3,(H,73,90)(H,74,91)(H,75,80)(H,76,81)(H,77,82)(H,78,83)(H,85,86)(H,87,88)(H,93,94)(H,95,96). The second-order valence-corrected chi connectivity index (χ2v) is 26.1. The zero-order valence-electron chi connectivity index (χ0n) is 58.6. The number of amides is 8. The van der Waals surface area contributed by atoms with Gasteiger partial charge in [0.2, 0.25) is 35.4 Å². The van der Waals surface area contributed by atoms with Crippen LogP contribution in [0.3, 0.4) is 0 Å². The van der Waals surface area contributed by atoms with E-state index in [0.717, 1.165) is 116 Å². The second kappa shape index (κ2) is 54.4. The molecule has 1 heterocycles.